The van der Waals surface area contributed by atoms with Crippen molar-refractivity contribution in [3.63, 3.8) is 0 Å². The van der Waals surface area contributed by atoms with Crippen molar-refractivity contribution >= 4 is 57.8 Å². The van der Waals surface area contributed by atoms with E-state index < -0.39 is 0 Å². The third-order valence-electron chi connectivity index (χ3n) is 6.91. The molecule has 2 aromatic rings. The van der Waals surface area contributed by atoms with Gasteiger partial charge in [0.15, 0.2) is 0 Å². The van der Waals surface area contributed by atoms with Gasteiger partial charge < -0.3 is 20.4 Å². The smallest absolute Gasteiger partial charge is 0.224 e. The van der Waals surface area contributed by atoms with E-state index in [9.17, 15) is 9.59 Å². The molecule has 0 saturated carbocycles. The Kier molecular flexibility index (Phi) is 9.76. The fourth-order valence-electron chi connectivity index (χ4n) is 4.97. The number of unbranched alkanes of at least 4 members (excludes halogenated alkanes) is 1. The van der Waals surface area contributed by atoms with Crippen LogP contribution in [-0.4, -0.2) is 38.0 Å². The van der Waals surface area contributed by atoms with E-state index in [-0.39, 0.29) is 11.8 Å². The zero-order chi connectivity index (χ0) is 25.3. The minimum Gasteiger partial charge on any atom is -0.370 e. The minimum absolute atomic E-state index is 0.0720. The second-order valence-corrected chi connectivity index (χ2v) is 10.5. The average molecular weight is 532 g/mol. The molecule has 8 heteroatoms. The first-order valence-corrected chi connectivity index (χ1v) is 13.9. The van der Waals surface area contributed by atoms with E-state index in [1.807, 2.05) is 36.4 Å². The zero-order valence-electron chi connectivity index (χ0n) is 20.8. The Hall–Kier alpha value is -2.44. The van der Waals surface area contributed by atoms with Gasteiger partial charge in [-0.05, 0) is 87.8 Å². The molecule has 2 saturated heterocycles. The van der Waals surface area contributed by atoms with Crippen molar-refractivity contribution in [1.29, 1.82) is 0 Å². The first-order valence-electron chi connectivity index (χ1n) is 13.2. The lowest BCUT2D eigenvalue weighted by atomic mass is 10.1. The van der Waals surface area contributed by atoms with Gasteiger partial charge in [-0.15, -0.1) is 0 Å². The van der Waals surface area contributed by atoms with E-state index in [1.165, 1.54) is 38.5 Å². The van der Waals surface area contributed by atoms with E-state index in [1.54, 1.807) is 0 Å². The van der Waals surface area contributed by atoms with E-state index in [4.69, 9.17) is 23.2 Å². The summed E-state index contributed by atoms with van der Waals surface area (Å²) in [6, 6.07) is 11.4. The van der Waals surface area contributed by atoms with Gasteiger partial charge in [-0.25, -0.2) is 0 Å². The molecule has 36 heavy (non-hydrogen) atoms. The largest absolute Gasteiger partial charge is 0.370 e. The van der Waals surface area contributed by atoms with Gasteiger partial charge in [0, 0.05) is 50.4 Å². The molecule has 6 nitrogen and oxygen atoms in total. The average Bonchev–Trinajstić information content (AvgIpc) is 2.88. The summed E-state index contributed by atoms with van der Waals surface area (Å²) in [6.07, 6.45) is 9.26. The van der Waals surface area contributed by atoms with Crippen molar-refractivity contribution < 1.29 is 9.59 Å². The van der Waals surface area contributed by atoms with Crippen LogP contribution in [0.25, 0.3) is 0 Å². The molecule has 0 aliphatic carbocycles. The number of hydrogen-bond acceptors (Lipinski definition) is 4. The van der Waals surface area contributed by atoms with Crippen LogP contribution in [0.1, 0.15) is 64.2 Å². The first kappa shape index (κ1) is 26.6. The van der Waals surface area contributed by atoms with E-state index >= 15 is 0 Å². The molecule has 0 spiro atoms. The van der Waals surface area contributed by atoms with Gasteiger partial charge in [0.1, 0.15) is 0 Å². The number of hydrogen-bond donors (Lipinski definition) is 2. The van der Waals surface area contributed by atoms with Gasteiger partial charge in [0.2, 0.25) is 11.8 Å². The lowest BCUT2D eigenvalue weighted by molar-refractivity contribution is -0.118. The number of piperidine rings is 2. The SMILES string of the molecule is O=C(CCCCC(=O)Nc1ccc(N2CCCCC2)c(Cl)c1)Nc1ccc(N2CCCCC2)c(Cl)c1. The van der Waals surface area contributed by atoms with Crippen LogP contribution in [0.2, 0.25) is 10.0 Å². The Bertz CT molecular complexity index is 966. The third-order valence-corrected chi connectivity index (χ3v) is 7.52. The maximum atomic E-state index is 12.4. The fraction of sp³-hybridized carbons (Fsp3) is 0.500. The van der Waals surface area contributed by atoms with Crippen molar-refractivity contribution in [2.24, 2.45) is 0 Å². The van der Waals surface area contributed by atoms with E-state index in [2.05, 4.69) is 20.4 Å². The normalized spacial score (nSPS) is 16.1. The van der Waals surface area contributed by atoms with E-state index in [0.717, 1.165) is 37.6 Å². The molecule has 0 atom stereocenters. The van der Waals surface area contributed by atoms with Crippen LogP contribution in [0.3, 0.4) is 0 Å². The summed E-state index contributed by atoms with van der Waals surface area (Å²) in [6.45, 7) is 4.10. The highest BCUT2D eigenvalue weighted by molar-refractivity contribution is 6.34. The molecule has 0 radical (unpaired) electrons. The second kappa shape index (κ2) is 13.2. The Morgan fingerprint density at radius 2 is 1.03 bits per heavy atom. The molecule has 2 heterocycles. The summed E-state index contributed by atoms with van der Waals surface area (Å²) in [7, 11) is 0. The summed E-state index contributed by atoms with van der Waals surface area (Å²) >= 11 is 13.0. The van der Waals surface area contributed by atoms with E-state index in [0.29, 0.717) is 47.1 Å². The number of halogens is 2. The quantitative estimate of drug-likeness (QED) is 0.339. The number of rotatable bonds is 9. The zero-order valence-corrected chi connectivity index (χ0v) is 22.3. The Labute approximate surface area is 224 Å². The number of amides is 2. The molecule has 2 aliphatic rings. The molecule has 4 rings (SSSR count). The first-order chi connectivity index (χ1) is 17.5. The topological polar surface area (TPSA) is 64.7 Å². The standard InChI is InChI=1S/C28H36Cl2N4O2/c29-23-19-21(11-13-25(23)33-15-5-1-6-16-33)31-27(35)9-3-4-10-28(36)32-22-12-14-26(24(30)20-22)34-17-7-2-8-18-34/h11-14,19-20H,1-10,15-18H2,(H,31,35)(H,32,36). The van der Waals surface area contributed by atoms with Crippen molar-refractivity contribution in [3.05, 3.63) is 46.4 Å². The Morgan fingerprint density at radius 3 is 1.39 bits per heavy atom. The summed E-state index contributed by atoms with van der Waals surface area (Å²) in [5.41, 5.74) is 3.47. The van der Waals surface area contributed by atoms with Crippen LogP contribution in [0.5, 0.6) is 0 Å². The van der Waals surface area contributed by atoms with Crippen LogP contribution in [0, 0.1) is 0 Å². The highest BCUT2D eigenvalue weighted by atomic mass is 35.5. The Morgan fingerprint density at radius 1 is 0.639 bits per heavy atom. The summed E-state index contributed by atoms with van der Waals surface area (Å²) in [5, 5.41) is 7.16. The van der Waals surface area contributed by atoms with Gasteiger partial charge >= 0.3 is 0 Å². The third kappa shape index (κ3) is 7.53. The monoisotopic (exact) mass is 530 g/mol. The molecule has 2 aromatic carbocycles. The number of anilines is 4. The molecule has 2 N–H and O–H groups in total. The molecule has 0 unspecified atom stereocenters. The number of benzene rings is 2. The molecule has 194 valence electrons. The number of nitrogens with zero attached hydrogens (tertiary/aromatic N) is 2. The molecular weight excluding hydrogens is 495 g/mol. The van der Waals surface area contributed by atoms with Gasteiger partial charge in [-0.3, -0.25) is 9.59 Å². The lowest BCUT2D eigenvalue weighted by Gasteiger charge is -2.29. The molecule has 2 aliphatic heterocycles. The lowest BCUT2D eigenvalue weighted by Crippen LogP contribution is -2.29. The highest BCUT2D eigenvalue weighted by Crippen LogP contribution is 2.32. The summed E-state index contributed by atoms with van der Waals surface area (Å²) in [5.74, 6) is -0.144. The maximum Gasteiger partial charge on any atom is 0.224 e. The van der Waals surface area contributed by atoms with Gasteiger partial charge in [0.05, 0.1) is 21.4 Å². The van der Waals surface area contributed by atoms with Crippen molar-refractivity contribution in [1.82, 2.24) is 0 Å². The molecule has 2 fully saturated rings. The summed E-state index contributed by atoms with van der Waals surface area (Å²) in [4.78, 5) is 29.3. The van der Waals surface area contributed by atoms with Crippen LogP contribution >= 0.6 is 23.2 Å². The number of nitrogens with one attached hydrogen (secondary N) is 2. The predicted molar refractivity (Wildman–Crippen MR) is 151 cm³/mol. The predicted octanol–water partition coefficient (Wildman–Crippen LogP) is 7.11. The minimum atomic E-state index is -0.0720. The van der Waals surface area contributed by atoms with Gasteiger partial charge in [-0.2, -0.15) is 0 Å². The molecule has 0 aromatic heterocycles. The van der Waals surface area contributed by atoms with Crippen LogP contribution in [-0.2, 0) is 9.59 Å². The van der Waals surface area contributed by atoms with Crippen molar-refractivity contribution in [2.75, 3.05) is 46.6 Å². The molecular formula is C28H36Cl2N4O2. The highest BCUT2D eigenvalue weighted by Gasteiger charge is 2.16. The summed E-state index contributed by atoms with van der Waals surface area (Å²) < 4.78 is 0. The van der Waals surface area contributed by atoms with Crippen molar-refractivity contribution in [2.45, 2.75) is 64.2 Å². The molecule has 2 amide bonds. The van der Waals surface area contributed by atoms with Crippen LogP contribution in [0.4, 0.5) is 22.7 Å². The Balaban J connectivity index is 1.16. The number of carbonyl (C=O) groups is 2. The van der Waals surface area contributed by atoms with Crippen LogP contribution < -0.4 is 20.4 Å². The van der Waals surface area contributed by atoms with Gasteiger partial charge in [-0.1, -0.05) is 23.2 Å². The molecule has 0 bridgehead atoms. The van der Waals surface area contributed by atoms with Gasteiger partial charge in [0.25, 0.3) is 0 Å². The van der Waals surface area contributed by atoms with Crippen molar-refractivity contribution in [3.8, 4) is 0 Å². The second-order valence-electron chi connectivity index (χ2n) is 9.73. The maximum absolute atomic E-state index is 12.4. The number of carbonyl (C=O) groups excluding carboxylic acids is 2. The van der Waals surface area contributed by atoms with Crippen LogP contribution in [0.15, 0.2) is 36.4 Å². The fourth-order valence-corrected chi connectivity index (χ4v) is 5.57.